The van der Waals surface area contributed by atoms with Crippen molar-refractivity contribution in [2.75, 3.05) is 13.1 Å². The molecule has 0 aromatic heterocycles. The molecule has 2 atom stereocenters. The van der Waals surface area contributed by atoms with Crippen LogP contribution in [0.2, 0.25) is 0 Å². The van der Waals surface area contributed by atoms with Crippen LogP contribution >= 0.6 is 0 Å². The van der Waals surface area contributed by atoms with Crippen molar-refractivity contribution in [2.45, 2.75) is 50.2 Å². The Bertz CT molecular complexity index is 266. The summed E-state index contributed by atoms with van der Waals surface area (Å²) in [6.07, 6.45) is 6.41. The lowest BCUT2D eigenvalue weighted by Gasteiger charge is -2.40. The van der Waals surface area contributed by atoms with Gasteiger partial charge in [-0.2, -0.15) is 0 Å². The van der Waals surface area contributed by atoms with Gasteiger partial charge in [-0.15, -0.1) is 0 Å². The molecule has 3 nitrogen and oxygen atoms in total. The molecule has 1 spiro atoms. The number of carbonyl (C=O) groups excluding carboxylic acids is 1. The molecule has 0 amide bonds. The third-order valence-corrected chi connectivity index (χ3v) is 4.08. The standard InChI is InChI=1S/C11H17NO2/c13-10-3-4-11(14-10)5-7-12-6-1-2-9(12)8-11/h9H,1-8H2. The van der Waals surface area contributed by atoms with Crippen LogP contribution in [-0.4, -0.2) is 35.6 Å². The summed E-state index contributed by atoms with van der Waals surface area (Å²) in [5.41, 5.74) is -0.0530. The molecule has 2 unspecified atom stereocenters. The molecule has 0 saturated carbocycles. The summed E-state index contributed by atoms with van der Waals surface area (Å²) in [5, 5.41) is 0. The molecular weight excluding hydrogens is 178 g/mol. The molecule has 3 heterocycles. The van der Waals surface area contributed by atoms with Gasteiger partial charge in [-0.1, -0.05) is 0 Å². The van der Waals surface area contributed by atoms with E-state index in [2.05, 4.69) is 4.90 Å². The highest BCUT2D eigenvalue weighted by molar-refractivity contribution is 5.72. The maximum Gasteiger partial charge on any atom is 0.306 e. The van der Waals surface area contributed by atoms with E-state index in [-0.39, 0.29) is 11.6 Å². The van der Waals surface area contributed by atoms with E-state index in [0.717, 1.165) is 25.8 Å². The first kappa shape index (κ1) is 8.72. The normalized spacial score (nSPS) is 42.9. The van der Waals surface area contributed by atoms with Gasteiger partial charge in [-0.05, 0) is 25.8 Å². The lowest BCUT2D eigenvalue weighted by atomic mass is 9.84. The number of hydrogen-bond acceptors (Lipinski definition) is 3. The van der Waals surface area contributed by atoms with Crippen molar-refractivity contribution in [3.63, 3.8) is 0 Å². The number of hydrogen-bond donors (Lipinski definition) is 0. The van der Waals surface area contributed by atoms with E-state index in [1.165, 1.54) is 19.4 Å². The Morgan fingerprint density at radius 2 is 2.29 bits per heavy atom. The highest BCUT2D eigenvalue weighted by Gasteiger charge is 2.47. The SMILES string of the molecule is O=C1CCC2(CCN3CCCC3C2)O1. The van der Waals surface area contributed by atoms with E-state index in [4.69, 9.17) is 4.74 Å². The minimum Gasteiger partial charge on any atom is -0.459 e. The van der Waals surface area contributed by atoms with E-state index >= 15 is 0 Å². The zero-order valence-electron chi connectivity index (χ0n) is 8.50. The average molecular weight is 195 g/mol. The van der Waals surface area contributed by atoms with Crippen molar-refractivity contribution < 1.29 is 9.53 Å². The molecule has 0 aromatic carbocycles. The van der Waals surface area contributed by atoms with Gasteiger partial charge in [0.05, 0.1) is 0 Å². The molecule has 0 bridgehead atoms. The third-order valence-electron chi connectivity index (χ3n) is 4.08. The van der Waals surface area contributed by atoms with Crippen LogP contribution in [0.4, 0.5) is 0 Å². The summed E-state index contributed by atoms with van der Waals surface area (Å²) in [4.78, 5) is 13.7. The largest absolute Gasteiger partial charge is 0.459 e. The lowest BCUT2D eigenvalue weighted by molar-refractivity contribution is -0.153. The zero-order chi connectivity index (χ0) is 9.60. The molecule has 0 N–H and O–H groups in total. The topological polar surface area (TPSA) is 29.5 Å². The Morgan fingerprint density at radius 1 is 1.36 bits per heavy atom. The van der Waals surface area contributed by atoms with E-state index in [9.17, 15) is 4.79 Å². The number of fused-ring (bicyclic) bond motifs is 1. The molecule has 78 valence electrons. The summed E-state index contributed by atoms with van der Waals surface area (Å²) >= 11 is 0. The predicted molar refractivity (Wildman–Crippen MR) is 51.9 cm³/mol. The molecular formula is C11H17NO2. The van der Waals surface area contributed by atoms with Crippen LogP contribution < -0.4 is 0 Å². The summed E-state index contributed by atoms with van der Waals surface area (Å²) in [6.45, 7) is 2.40. The van der Waals surface area contributed by atoms with Gasteiger partial charge < -0.3 is 9.64 Å². The molecule has 3 aliphatic rings. The van der Waals surface area contributed by atoms with Gasteiger partial charge in [-0.25, -0.2) is 0 Å². The minimum absolute atomic E-state index is 0.0245. The highest BCUT2D eigenvalue weighted by atomic mass is 16.6. The van der Waals surface area contributed by atoms with E-state index in [1.54, 1.807) is 0 Å². The number of esters is 1. The van der Waals surface area contributed by atoms with Crippen LogP contribution in [0, 0.1) is 0 Å². The van der Waals surface area contributed by atoms with Crippen LogP contribution in [0.25, 0.3) is 0 Å². The summed E-state index contributed by atoms with van der Waals surface area (Å²) < 4.78 is 5.53. The van der Waals surface area contributed by atoms with Gasteiger partial charge in [0.15, 0.2) is 0 Å². The van der Waals surface area contributed by atoms with Crippen molar-refractivity contribution in [2.24, 2.45) is 0 Å². The van der Waals surface area contributed by atoms with Crippen molar-refractivity contribution in [3.8, 4) is 0 Å². The Balaban J connectivity index is 1.74. The van der Waals surface area contributed by atoms with Gasteiger partial charge in [0.1, 0.15) is 5.60 Å². The maximum atomic E-state index is 11.2. The monoisotopic (exact) mass is 195 g/mol. The second-order valence-electron chi connectivity index (χ2n) is 4.94. The fourth-order valence-electron chi connectivity index (χ4n) is 3.29. The molecule has 3 fully saturated rings. The molecule has 0 aromatic rings. The van der Waals surface area contributed by atoms with Gasteiger partial charge >= 0.3 is 5.97 Å². The molecule has 0 aliphatic carbocycles. The fourth-order valence-corrected chi connectivity index (χ4v) is 3.29. The van der Waals surface area contributed by atoms with Gasteiger partial charge in [0.2, 0.25) is 0 Å². The number of ether oxygens (including phenoxy) is 1. The van der Waals surface area contributed by atoms with Crippen molar-refractivity contribution in [1.82, 2.24) is 4.90 Å². The third kappa shape index (κ3) is 1.26. The summed E-state index contributed by atoms with van der Waals surface area (Å²) in [6, 6.07) is 0.703. The minimum atomic E-state index is -0.0530. The van der Waals surface area contributed by atoms with Crippen LogP contribution in [0.3, 0.4) is 0 Å². The lowest BCUT2D eigenvalue weighted by Crippen LogP contribution is -2.47. The summed E-state index contributed by atoms with van der Waals surface area (Å²) in [7, 11) is 0. The van der Waals surface area contributed by atoms with Gasteiger partial charge in [0.25, 0.3) is 0 Å². The maximum absolute atomic E-state index is 11.2. The average Bonchev–Trinajstić information content (AvgIpc) is 2.74. The number of rotatable bonds is 0. The molecule has 0 radical (unpaired) electrons. The Labute approximate surface area is 84.4 Å². The van der Waals surface area contributed by atoms with Crippen LogP contribution in [0.5, 0.6) is 0 Å². The first-order chi connectivity index (χ1) is 6.77. The summed E-state index contributed by atoms with van der Waals surface area (Å²) in [5.74, 6) is 0.0245. The molecule has 3 heteroatoms. The fraction of sp³-hybridized carbons (Fsp3) is 0.909. The predicted octanol–water partition coefficient (Wildman–Crippen LogP) is 1.32. The number of nitrogens with zero attached hydrogens (tertiary/aromatic N) is 1. The zero-order valence-corrected chi connectivity index (χ0v) is 8.50. The molecule has 3 saturated heterocycles. The van der Waals surface area contributed by atoms with Crippen molar-refractivity contribution in [3.05, 3.63) is 0 Å². The second-order valence-corrected chi connectivity index (χ2v) is 4.94. The van der Waals surface area contributed by atoms with Crippen LogP contribution in [0.15, 0.2) is 0 Å². The molecule has 3 aliphatic heterocycles. The van der Waals surface area contributed by atoms with Gasteiger partial charge in [0, 0.05) is 31.8 Å². The van der Waals surface area contributed by atoms with Crippen LogP contribution in [-0.2, 0) is 9.53 Å². The Hall–Kier alpha value is -0.570. The Morgan fingerprint density at radius 3 is 3.07 bits per heavy atom. The van der Waals surface area contributed by atoms with E-state index in [0.29, 0.717) is 12.5 Å². The quantitative estimate of drug-likeness (QED) is 0.546. The van der Waals surface area contributed by atoms with E-state index in [1.807, 2.05) is 0 Å². The van der Waals surface area contributed by atoms with Crippen molar-refractivity contribution >= 4 is 5.97 Å². The second kappa shape index (κ2) is 2.96. The first-order valence-corrected chi connectivity index (χ1v) is 5.73. The van der Waals surface area contributed by atoms with Crippen molar-refractivity contribution in [1.29, 1.82) is 0 Å². The number of carbonyl (C=O) groups is 1. The van der Waals surface area contributed by atoms with E-state index < -0.39 is 0 Å². The Kier molecular flexibility index (Phi) is 1.84. The molecule has 14 heavy (non-hydrogen) atoms. The number of piperidine rings is 1. The van der Waals surface area contributed by atoms with Gasteiger partial charge in [-0.3, -0.25) is 4.79 Å². The first-order valence-electron chi connectivity index (χ1n) is 5.73. The van der Waals surface area contributed by atoms with Crippen LogP contribution in [0.1, 0.15) is 38.5 Å². The smallest absolute Gasteiger partial charge is 0.306 e. The highest BCUT2D eigenvalue weighted by Crippen LogP contribution is 2.41. The molecule has 3 rings (SSSR count).